The van der Waals surface area contributed by atoms with Crippen molar-refractivity contribution in [3.63, 3.8) is 0 Å². The predicted molar refractivity (Wildman–Crippen MR) is 116 cm³/mol. The molecule has 3 N–H and O–H groups in total. The highest BCUT2D eigenvalue weighted by atomic mass is 16.4. The van der Waals surface area contributed by atoms with Crippen LogP contribution in [0, 0.1) is 0 Å². The van der Waals surface area contributed by atoms with Crippen molar-refractivity contribution in [2.45, 2.75) is 12.3 Å². The number of aromatic nitrogens is 3. The van der Waals surface area contributed by atoms with Gasteiger partial charge in [-0.05, 0) is 18.1 Å². The molecule has 0 aliphatic rings. The van der Waals surface area contributed by atoms with E-state index in [1.807, 2.05) is 60.7 Å². The molecule has 0 spiro atoms. The van der Waals surface area contributed by atoms with Crippen molar-refractivity contribution >= 4 is 11.8 Å². The number of hydrogen-bond acceptors (Lipinski definition) is 5. The predicted octanol–water partition coefficient (Wildman–Crippen LogP) is 4.20. The van der Waals surface area contributed by atoms with Gasteiger partial charge in [0.25, 0.3) is 0 Å². The number of nitrogens with zero attached hydrogens (tertiary/aromatic N) is 3. The molecule has 0 saturated heterocycles. The fourth-order valence-corrected chi connectivity index (χ4v) is 3.39. The van der Waals surface area contributed by atoms with Crippen LogP contribution < -0.4 is 5.73 Å². The van der Waals surface area contributed by atoms with E-state index in [2.05, 4.69) is 9.97 Å². The van der Waals surface area contributed by atoms with Crippen LogP contribution in [0.2, 0.25) is 0 Å². The van der Waals surface area contributed by atoms with Crippen molar-refractivity contribution in [1.82, 2.24) is 15.0 Å². The summed E-state index contributed by atoms with van der Waals surface area (Å²) in [6.45, 7) is 0. The van der Waals surface area contributed by atoms with E-state index >= 15 is 0 Å². The number of pyridine rings is 1. The summed E-state index contributed by atoms with van der Waals surface area (Å²) in [5, 5.41) is 9.86. The summed E-state index contributed by atoms with van der Waals surface area (Å²) in [5.41, 5.74) is 9.91. The number of hydrogen-bond donors (Lipinski definition) is 2. The first-order chi connectivity index (χ1) is 14.6. The quantitative estimate of drug-likeness (QED) is 0.506. The summed E-state index contributed by atoms with van der Waals surface area (Å²) < 4.78 is 0. The van der Waals surface area contributed by atoms with Crippen LogP contribution in [0.25, 0.3) is 22.6 Å². The van der Waals surface area contributed by atoms with Crippen LogP contribution in [0.3, 0.4) is 0 Å². The van der Waals surface area contributed by atoms with Crippen LogP contribution in [0.15, 0.2) is 85.2 Å². The molecule has 0 fully saturated rings. The lowest BCUT2D eigenvalue weighted by atomic mass is 9.91. The molecule has 4 rings (SSSR count). The third kappa shape index (κ3) is 4.03. The minimum Gasteiger partial charge on any atom is -0.481 e. The van der Waals surface area contributed by atoms with E-state index in [1.165, 1.54) is 0 Å². The van der Waals surface area contributed by atoms with Gasteiger partial charge in [0.05, 0.1) is 11.6 Å². The highest BCUT2D eigenvalue weighted by Gasteiger charge is 2.25. The molecule has 148 valence electrons. The second-order valence-electron chi connectivity index (χ2n) is 6.87. The number of carboxylic acid groups (broad SMARTS) is 1. The number of benzene rings is 2. The molecule has 0 bridgehead atoms. The lowest BCUT2D eigenvalue weighted by molar-refractivity contribution is -0.138. The highest BCUT2D eigenvalue weighted by molar-refractivity contribution is 5.79. The van der Waals surface area contributed by atoms with Gasteiger partial charge in [0.15, 0.2) is 5.82 Å². The Morgan fingerprint density at radius 2 is 1.57 bits per heavy atom. The van der Waals surface area contributed by atoms with Crippen molar-refractivity contribution < 1.29 is 9.90 Å². The van der Waals surface area contributed by atoms with Crippen LogP contribution in [0.5, 0.6) is 0 Å². The van der Waals surface area contributed by atoms with Crippen molar-refractivity contribution in [3.8, 4) is 22.6 Å². The maximum absolute atomic E-state index is 12.0. The standard InChI is InChI=1S/C24H20N4O2/c25-22-20(14-19(24(29)30)18-12-7-13-26-15-18)21(16-8-3-1-4-9-16)27-23(28-22)17-10-5-2-6-11-17/h1-13,15,19H,14H2,(H,29,30)(H2,25,27,28). The fourth-order valence-electron chi connectivity index (χ4n) is 3.39. The molecule has 0 aliphatic carbocycles. The van der Waals surface area contributed by atoms with Crippen molar-refractivity contribution in [3.05, 3.63) is 96.3 Å². The maximum Gasteiger partial charge on any atom is 0.311 e. The number of carbonyl (C=O) groups is 1. The molecule has 0 amide bonds. The van der Waals surface area contributed by atoms with Gasteiger partial charge < -0.3 is 10.8 Å². The van der Waals surface area contributed by atoms with Gasteiger partial charge in [-0.2, -0.15) is 0 Å². The summed E-state index contributed by atoms with van der Waals surface area (Å²) >= 11 is 0. The van der Waals surface area contributed by atoms with Crippen molar-refractivity contribution in [2.24, 2.45) is 0 Å². The Labute approximate surface area is 174 Å². The third-order valence-corrected chi connectivity index (χ3v) is 4.91. The molecule has 0 saturated carbocycles. The Hall–Kier alpha value is -4.06. The van der Waals surface area contributed by atoms with Gasteiger partial charge in [0.2, 0.25) is 0 Å². The van der Waals surface area contributed by atoms with Crippen molar-refractivity contribution in [2.75, 3.05) is 5.73 Å². The average Bonchev–Trinajstić information content (AvgIpc) is 2.79. The summed E-state index contributed by atoms with van der Waals surface area (Å²) in [5.74, 6) is -0.981. The van der Waals surface area contributed by atoms with Crippen LogP contribution in [-0.2, 0) is 11.2 Å². The smallest absolute Gasteiger partial charge is 0.311 e. The SMILES string of the molecule is Nc1nc(-c2ccccc2)nc(-c2ccccc2)c1CC(C(=O)O)c1cccnc1. The molecule has 6 nitrogen and oxygen atoms in total. The summed E-state index contributed by atoms with van der Waals surface area (Å²) in [6.07, 6.45) is 3.34. The maximum atomic E-state index is 12.0. The van der Waals surface area contributed by atoms with Crippen LogP contribution in [-0.4, -0.2) is 26.0 Å². The molecule has 30 heavy (non-hydrogen) atoms. The lowest BCUT2D eigenvalue weighted by Gasteiger charge is -2.17. The van der Waals surface area contributed by atoms with Crippen LogP contribution in [0.1, 0.15) is 17.0 Å². The molecule has 2 aromatic carbocycles. The zero-order valence-corrected chi connectivity index (χ0v) is 16.1. The summed E-state index contributed by atoms with van der Waals surface area (Å²) in [6, 6.07) is 22.7. The van der Waals surface area contributed by atoms with Gasteiger partial charge in [0, 0.05) is 29.1 Å². The normalized spacial score (nSPS) is 11.7. The largest absolute Gasteiger partial charge is 0.481 e. The number of nitrogen functional groups attached to an aromatic ring is 1. The Morgan fingerprint density at radius 3 is 2.17 bits per heavy atom. The zero-order chi connectivity index (χ0) is 20.9. The Bertz CT molecular complexity index is 1150. The Kier molecular flexibility index (Phi) is 5.48. The second-order valence-corrected chi connectivity index (χ2v) is 6.87. The van der Waals surface area contributed by atoms with E-state index in [1.54, 1.807) is 24.5 Å². The molecular formula is C24H20N4O2. The van der Waals surface area contributed by atoms with E-state index in [4.69, 9.17) is 10.7 Å². The number of aliphatic carboxylic acids is 1. The molecule has 2 aromatic heterocycles. The number of carboxylic acids is 1. The average molecular weight is 396 g/mol. The second kappa shape index (κ2) is 8.53. The minimum absolute atomic E-state index is 0.159. The first kappa shape index (κ1) is 19.3. The van der Waals surface area contributed by atoms with Crippen molar-refractivity contribution in [1.29, 1.82) is 0 Å². The summed E-state index contributed by atoms with van der Waals surface area (Å²) in [4.78, 5) is 25.4. The minimum atomic E-state index is -0.950. The van der Waals surface area contributed by atoms with E-state index in [9.17, 15) is 9.90 Å². The van der Waals surface area contributed by atoms with E-state index in [0.717, 1.165) is 11.1 Å². The third-order valence-electron chi connectivity index (χ3n) is 4.91. The topological polar surface area (TPSA) is 102 Å². The van der Waals surface area contributed by atoms with E-state index < -0.39 is 11.9 Å². The fraction of sp³-hybridized carbons (Fsp3) is 0.0833. The Morgan fingerprint density at radius 1 is 0.900 bits per heavy atom. The number of nitrogens with two attached hydrogens (primary N) is 1. The molecule has 0 radical (unpaired) electrons. The number of rotatable bonds is 6. The number of anilines is 1. The van der Waals surface area contributed by atoms with Crippen LogP contribution in [0.4, 0.5) is 5.82 Å². The van der Waals surface area contributed by atoms with Gasteiger partial charge in [-0.25, -0.2) is 9.97 Å². The Balaban J connectivity index is 1.85. The molecule has 1 unspecified atom stereocenters. The molecule has 2 heterocycles. The highest BCUT2D eigenvalue weighted by Crippen LogP contribution is 2.32. The lowest BCUT2D eigenvalue weighted by Crippen LogP contribution is -2.17. The molecular weight excluding hydrogens is 376 g/mol. The molecule has 4 aromatic rings. The molecule has 6 heteroatoms. The van der Waals surface area contributed by atoms with Gasteiger partial charge >= 0.3 is 5.97 Å². The molecule has 0 aliphatic heterocycles. The first-order valence-electron chi connectivity index (χ1n) is 9.53. The first-order valence-corrected chi connectivity index (χ1v) is 9.53. The van der Waals surface area contributed by atoms with Gasteiger partial charge in [-0.15, -0.1) is 0 Å². The van der Waals surface area contributed by atoms with E-state index in [-0.39, 0.29) is 12.2 Å². The van der Waals surface area contributed by atoms with Crippen LogP contribution >= 0.6 is 0 Å². The van der Waals surface area contributed by atoms with E-state index in [0.29, 0.717) is 22.6 Å². The van der Waals surface area contributed by atoms with Gasteiger partial charge in [0.1, 0.15) is 5.82 Å². The zero-order valence-electron chi connectivity index (χ0n) is 16.1. The monoisotopic (exact) mass is 396 g/mol. The molecule has 1 atom stereocenters. The van der Waals surface area contributed by atoms with Gasteiger partial charge in [-0.3, -0.25) is 9.78 Å². The summed E-state index contributed by atoms with van der Waals surface area (Å²) in [7, 11) is 0. The van der Waals surface area contributed by atoms with Gasteiger partial charge in [-0.1, -0.05) is 66.7 Å².